The summed E-state index contributed by atoms with van der Waals surface area (Å²) in [4.78, 5) is 12.6. The SMILES string of the molecule is CC(C)[C@@H](NC(=O)CSc1nnc(-c2ccccc2F)o1)c1ccc2c(c1)OCCCO2. The summed E-state index contributed by atoms with van der Waals surface area (Å²) in [5, 5.41) is 11.1. The highest BCUT2D eigenvalue weighted by atomic mass is 32.2. The molecule has 0 saturated carbocycles. The summed E-state index contributed by atoms with van der Waals surface area (Å²) in [6.07, 6.45) is 0.833. The molecule has 1 aliphatic heterocycles. The Bertz CT molecular complexity index is 1090. The Kier molecular flexibility index (Phi) is 6.94. The monoisotopic (exact) mass is 457 g/mol. The summed E-state index contributed by atoms with van der Waals surface area (Å²) < 4.78 is 30.9. The van der Waals surface area contributed by atoms with Crippen LogP contribution in [0.4, 0.5) is 4.39 Å². The molecule has 0 aliphatic carbocycles. The molecule has 4 rings (SSSR count). The number of nitrogens with one attached hydrogen (secondary N) is 1. The molecule has 1 aliphatic rings. The molecule has 0 radical (unpaired) electrons. The number of carbonyl (C=O) groups excluding carboxylic acids is 1. The van der Waals surface area contributed by atoms with Crippen molar-refractivity contribution in [3.63, 3.8) is 0 Å². The molecular formula is C23H24FN3O4S. The van der Waals surface area contributed by atoms with E-state index in [0.717, 1.165) is 29.5 Å². The van der Waals surface area contributed by atoms with Gasteiger partial charge in [-0.25, -0.2) is 4.39 Å². The number of amides is 1. The van der Waals surface area contributed by atoms with Crippen molar-refractivity contribution in [3.8, 4) is 23.0 Å². The van der Waals surface area contributed by atoms with E-state index < -0.39 is 5.82 Å². The molecule has 9 heteroatoms. The molecule has 1 atom stereocenters. The number of rotatable bonds is 7. The van der Waals surface area contributed by atoms with Crippen molar-refractivity contribution in [2.24, 2.45) is 5.92 Å². The van der Waals surface area contributed by atoms with Crippen molar-refractivity contribution in [3.05, 3.63) is 53.8 Å². The third-order valence-corrected chi connectivity index (χ3v) is 5.77. The van der Waals surface area contributed by atoms with Crippen LogP contribution in [0.5, 0.6) is 11.5 Å². The first kappa shape index (κ1) is 22.1. The molecule has 1 amide bonds. The number of nitrogens with zero attached hydrogens (tertiary/aromatic N) is 2. The summed E-state index contributed by atoms with van der Waals surface area (Å²) in [7, 11) is 0. The predicted molar refractivity (Wildman–Crippen MR) is 118 cm³/mol. The Morgan fingerprint density at radius 1 is 1.12 bits per heavy atom. The van der Waals surface area contributed by atoms with Gasteiger partial charge in [-0.3, -0.25) is 4.79 Å². The smallest absolute Gasteiger partial charge is 0.277 e. The third-order valence-electron chi connectivity index (χ3n) is 4.95. The lowest BCUT2D eigenvalue weighted by molar-refractivity contribution is -0.119. The number of thioether (sulfide) groups is 1. The minimum absolute atomic E-state index is 0.0817. The van der Waals surface area contributed by atoms with Gasteiger partial charge in [-0.15, -0.1) is 10.2 Å². The summed E-state index contributed by atoms with van der Waals surface area (Å²) >= 11 is 1.10. The van der Waals surface area contributed by atoms with Gasteiger partial charge in [-0.05, 0) is 35.7 Å². The van der Waals surface area contributed by atoms with E-state index in [-0.39, 0.29) is 40.3 Å². The van der Waals surface area contributed by atoms with Gasteiger partial charge in [0.2, 0.25) is 5.91 Å². The van der Waals surface area contributed by atoms with Crippen LogP contribution in [0.25, 0.3) is 11.5 Å². The fourth-order valence-electron chi connectivity index (χ4n) is 3.36. The van der Waals surface area contributed by atoms with E-state index in [1.807, 2.05) is 32.0 Å². The van der Waals surface area contributed by atoms with Gasteiger partial charge in [0.1, 0.15) is 5.82 Å². The van der Waals surface area contributed by atoms with Crippen molar-refractivity contribution >= 4 is 17.7 Å². The molecule has 0 fully saturated rings. The fourth-order valence-corrected chi connectivity index (χ4v) is 3.94. The van der Waals surface area contributed by atoms with E-state index in [4.69, 9.17) is 13.9 Å². The average molecular weight is 458 g/mol. The maximum absolute atomic E-state index is 13.9. The molecule has 0 bridgehead atoms. The Morgan fingerprint density at radius 2 is 1.91 bits per heavy atom. The van der Waals surface area contributed by atoms with Gasteiger partial charge in [0.05, 0.1) is 30.6 Å². The summed E-state index contributed by atoms with van der Waals surface area (Å²) in [5.41, 5.74) is 1.17. The quantitative estimate of drug-likeness (QED) is 0.517. The number of carbonyl (C=O) groups is 1. The minimum Gasteiger partial charge on any atom is -0.490 e. The Balaban J connectivity index is 1.39. The van der Waals surface area contributed by atoms with Crippen molar-refractivity contribution in [2.45, 2.75) is 31.5 Å². The number of ether oxygens (including phenoxy) is 2. The summed E-state index contributed by atoms with van der Waals surface area (Å²) in [6.45, 7) is 5.31. The standard InChI is InChI=1S/C23H24FN3O4S/c1-14(2)21(15-8-9-18-19(12-15)30-11-5-10-29-18)25-20(28)13-32-23-27-26-22(31-23)16-6-3-4-7-17(16)24/h3-4,6-9,12,14,21H,5,10-11,13H2,1-2H3,(H,25,28)/t21-/m1/s1. The first-order valence-electron chi connectivity index (χ1n) is 10.4. The number of aromatic nitrogens is 2. The molecule has 0 spiro atoms. The van der Waals surface area contributed by atoms with Crippen molar-refractivity contribution in [1.29, 1.82) is 0 Å². The topological polar surface area (TPSA) is 86.5 Å². The number of hydrogen-bond acceptors (Lipinski definition) is 7. The molecule has 1 aromatic heterocycles. The number of fused-ring (bicyclic) bond motifs is 1. The van der Waals surface area contributed by atoms with Crippen LogP contribution in [-0.2, 0) is 4.79 Å². The summed E-state index contributed by atoms with van der Waals surface area (Å²) in [5.74, 6) is 1.13. The van der Waals surface area contributed by atoms with Crippen LogP contribution in [0, 0.1) is 11.7 Å². The highest BCUT2D eigenvalue weighted by Crippen LogP contribution is 2.34. The average Bonchev–Trinajstić information content (AvgIpc) is 3.13. The molecule has 0 unspecified atom stereocenters. The van der Waals surface area contributed by atoms with Gasteiger partial charge in [-0.2, -0.15) is 0 Å². The predicted octanol–water partition coefficient (Wildman–Crippen LogP) is 4.64. The van der Waals surface area contributed by atoms with Gasteiger partial charge >= 0.3 is 0 Å². The number of benzene rings is 2. The van der Waals surface area contributed by atoms with E-state index in [1.54, 1.807) is 18.2 Å². The normalized spacial score (nSPS) is 14.1. The number of hydrogen-bond donors (Lipinski definition) is 1. The van der Waals surface area contributed by atoms with E-state index >= 15 is 0 Å². The first-order chi connectivity index (χ1) is 15.5. The van der Waals surface area contributed by atoms with E-state index in [9.17, 15) is 9.18 Å². The Hall–Kier alpha value is -3.07. The molecule has 2 heterocycles. The maximum Gasteiger partial charge on any atom is 0.277 e. The van der Waals surface area contributed by atoms with Gasteiger partial charge in [0.15, 0.2) is 11.5 Å². The molecule has 32 heavy (non-hydrogen) atoms. The second kappa shape index (κ2) is 10.0. The zero-order valence-corrected chi connectivity index (χ0v) is 18.7. The lowest BCUT2D eigenvalue weighted by Gasteiger charge is -2.23. The number of halogens is 1. The van der Waals surface area contributed by atoms with Crippen molar-refractivity contribution in [2.75, 3.05) is 19.0 Å². The third kappa shape index (κ3) is 5.21. The minimum atomic E-state index is -0.444. The van der Waals surface area contributed by atoms with Crippen LogP contribution in [0.2, 0.25) is 0 Å². The molecule has 168 valence electrons. The van der Waals surface area contributed by atoms with E-state index in [0.29, 0.717) is 19.0 Å². The van der Waals surface area contributed by atoms with E-state index in [2.05, 4.69) is 15.5 Å². The second-order valence-electron chi connectivity index (χ2n) is 7.69. The lowest BCUT2D eigenvalue weighted by Crippen LogP contribution is -2.33. The van der Waals surface area contributed by atoms with Crippen LogP contribution in [0.3, 0.4) is 0 Å². The Morgan fingerprint density at radius 3 is 2.69 bits per heavy atom. The molecule has 2 aromatic carbocycles. The van der Waals surface area contributed by atoms with Gasteiger partial charge in [-0.1, -0.05) is 43.8 Å². The molecular weight excluding hydrogens is 433 g/mol. The fraction of sp³-hybridized carbons (Fsp3) is 0.348. The van der Waals surface area contributed by atoms with Crippen molar-refractivity contribution in [1.82, 2.24) is 15.5 Å². The van der Waals surface area contributed by atoms with Crippen molar-refractivity contribution < 1.29 is 23.1 Å². The first-order valence-corrected chi connectivity index (χ1v) is 11.4. The van der Waals surface area contributed by atoms with Crippen LogP contribution < -0.4 is 14.8 Å². The molecule has 1 N–H and O–H groups in total. The second-order valence-corrected chi connectivity index (χ2v) is 8.61. The Labute approximate surface area is 189 Å². The van der Waals surface area contributed by atoms with Crippen LogP contribution in [-0.4, -0.2) is 35.1 Å². The van der Waals surface area contributed by atoms with Gasteiger partial charge in [0, 0.05) is 6.42 Å². The molecule has 3 aromatic rings. The molecule has 0 saturated heterocycles. The van der Waals surface area contributed by atoms with Gasteiger partial charge < -0.3 is 19.2 Å². The highest BCUT2D eigenvalue weighted by Gasteiger charge is 2.22. The summed E-state index contributed by atoms with van der Waals surface area (Å²) in [6, 6.07) is 11.7. The van der Waals surface area contributed by atoms with Gasteiger partial charge in [0.25, 0.3) is 11.1 Å². The lowest BCUT2D eigenvalue weighted by atomic mass is 9.95. The maximum atomic E-state index is 13.9. The van der Waals surface area contributed by atoms with Crippen LogP contribution in [0.15, 0.2) is 52.1 Å². The zero-order valence-electron chi connectivity index (χ0n) is 17.8. The zero-order chi connectivity index (χ0) is 22.5. The van der Waals surface area contributed by atoms with Crippen LogP contribution in [0.1, 0.15) is 31.9 Å². The van der Waals surface area contributed by atoms with E-state index in [1.165, 1.54) is 6.07 Å². The largest absolute Gasteiger partial charge is 0.490 e. The highest BCUT2D eigenvalue weighted by molar-refractivity contribution is 7.99. The molecule has 7 nitrogen and oxygen atoms in total. The van der Waals surface area contributed by atoms with Crippen LogP contribution >= 0.6 is 11.8 Å².